The fourth-order valence-corrected chi connectivity index (χ4v) is 4.74. The molecule has 4 rings (SSSR count). The standard InChI is InChI=1S/C24H32N4O2/c29-23-9-8-22(18-28(23)13-4-7-20-5-2-1-3-6-20)24(30)27-14-10-21(11-15-27)17-26-16-12-25-19-26/h1-3,5-6,12,16,19,21-22H,4,7-11,13-15,17-18H2/t22-/m1/s1. The maximum Gasteiger partial charge on any atom is 0.227 e. The Balaban J connectivity index is 1.23. The molecule has 2 saturated heterocycles. The van der Waals surface area contributed by atoms with Crippen LogP contribution in [0.2, 0.25) is 0 Å². The predicted molar refractivity (Wildman–Crippen MR) is 116 cm³/mol. The monoisotopic (exact) mass is 408 g/mol. The molecule has 0 aliphatic carbocycles. The molecule has 160 valence electrons. The zero-order valence-electron chi connectivity index (χ0n) is 17.7. The summed E-state index contributed by atoms with van der Waals surface area (Å²) in [6, 6.07) is 10.4. The van der Waals surface area contributed by atoms with Crippen molar-refractivity contribution in [2.24, 2.45) is 11.8 Å². The van der Waals surface area contributed by atoms with E-state index < -0.39 is 0 Å². The van der Waals surface area contributed by atoms with E-state index in [2.05, 4.69) is 33.8 Å². The number of nitrogens with zero attached hydrogens (tertiary/aromatic N) is 4. The molecule has 1 atom stereocenters. The third-order valence-electron chi connectivity index (χ3n) is 6.54. The molecule has 6 nitrogen and oxygen atoms in total. The number of aromatic nitrogens is 2. The minimum absolute atomic E-state index is 0.0374. The Morgan fingerprint density at radius 2 is 1.90 bits per heavy atom. The number of amides is 2. The van der Waals surface area contributed by atoms with E-state index in [1.165, 1.54) is 5.56 Å². The number of rotatable bonds is 7. The van der Waals surface area contributed by atoms with Crippen molar-refractivity contribution in [1.29, 1.82) is 0 Å². The third kappa shape index (κ3) is 5.29. The van der Waals surface area contributed by atoms with Gasteiger partial charge in [0.25, 0.3) is 0 Å². The lowest BCUT2D eigenvalue weighted by molar-refractivity contribution is -0.144. The van der Waals surface area contributed by atoms with Crippen LogP contribution in [0.4, 0.5) is 0 Å². The molecule has 2 aliphatic heterocycles. The highest BCUT2D eigenvalue weighted by atomic mass is 16.2. The van der Waals surface area contributed by atoms with Crippen LogP contribution in [0.3, 0.4) is 0 Å². The van der Waals surface area contributed by atoms with Crippen molar-refractivity contribution < 1.29 is 9.59 Å². The molecule has 0 N–H and O–H groups in total. The van der Waals surface area contributed by atoms with Gasteiger partial charge in [0.2, 0.25) is 11.8 Å². The number of aryl methyl sites for hydroxylation is 1. The lowest BCUT2D eigenvalue weighted by Gasteiger charge is -2.38. The van der Waals surface area contributed by atoms with Crippen LogP contribution in [0.25, 0.3) is 0 Å². The summed E-state index contributed by atoms with van der Waals surface area (Å²) in [5.74, 6) is 1.01. The van der Waals surface area contributed by atoms with Crippen LogP contribution in [0.15, 0.2) is 49.1 Å². The fraction of sp³-hybridized carbons (Fsp3) is 0.542. The topological polar surface area (TPSA) is 58.4 Å². The van der Waals surface area contributed by atoms with Crippen LogP contribution < -0.4 is 0 Å². The van der Waals surface area contributed by atoms with Gasteiger partial charge in [-0.3, -0.25) is 9.59 Å². The molecular formula is C24H32N4O2. The Bertz CT molecular complexity index is 813. The predicted octanol–water partition coefficient (Wildman–Crippen LogP) is 2.99. The average molecular weight is 409 g/mol. The van der Waals surface area contributed by atoms with Crippen LogP contribution in [0.5, 0.6) is 0 Å². The summed E-state index contributed by atoms with van der Waals surface area (Å²) in [7, 11) is 0. The van der Waals surface area contributed by atoms with Gasteiger partial charge in [-0.15, -0.1) is 0 Å². The fourth-order valence-electron chi connectivity index (χ4n) is 4.74. The molecule has 6 heteroatoms. The van der Waals surface area contributed by atoms with Crippen LogP contribution in [-0.4, -0.2) is 57.3 Å². The smallest absolute Gasteiger partial charge is 0.227 e. The molecular weight excluding hydrogens is 376 g/mol. The molecule has 0 bridgehead atoms. The summed E-state index contributed by atoms with van der Waals surface area (Å²) in [4.78, 5) is 33.5. The Labute approximate surface area is 178 Å². The second kappa shape index (κ2) is 9.92. The molecule has 0 spiro atoms. The van der Waals surface area contributed by atoms with Gasteiger partial charge in [-0.2, -0.15) is 0 Å². The summed E-state index contributed by atoms with van der Waals surface area (Å²) < 4.78 is 2.13. The molecule has 1 aromatic heterocycles. The lowest BCUT2D eigenvalue weighted by atomic mass is 9.92. The van der Waals surface area contributed by atoms with Gasteiger partial charge in [0.15, 0.2) is 0 Å². The van der Waals surface area contributed by atoms with Crippen molar-refractivity contribution in [2.75, 3.05) is 26.2 Å². The first-order chi connectivity index (χ1) is 14.7. The maximum absolute atomic E-state index is 13.1. The van der Waals surface area contributed by atoms with Gasteiger partial charge in [0.05, 0.1) is 12.2 Å². The maximum atomic E-state index is 13.1. The van der Waals surface area contributed by atoms with Gasteiger partial charge in [-0.25, -0.2) is 4.98 Å². The first-order valence-corrected chi connectivity index (χ1v) is 11.3. The van der Waals surface area contributed by atoms with E-state index in [1.807, 2.05) is 34.6 Å². The molecule has 0 unspecified atom stereocenters. The largest absolute Gasteiger partial charge is 0.342 e. The van der Waals surface area contributed by atoms with Crippen molar-refractivity contribution in [2.45, 2.75) is 45.1 Å². The molecule has 2 aromatic rings. The van der Waals surface area contributed by atoms with E-state index in [0.29, 0.717) is 25.3 Å². The van der Waals surface area contributed by atoms with E-state index >= 15 is 0 Å². The molecule has 0 radical (unpaired) electrons. The van der Waals surface area contributed by atoms with Gasteiger partial charge >= 0.3 is 0 Å². The van der Waals surface area contributed by atoms with Crippen LogP contribution in [-0.2, 0) is 22.6 Å². The minimum atomic E-state index is -0.0374. The molecule has 2 amide bonds. The quantitative estimate of drug-likeness (QED) is 0.708. The Kier molecular flexibility index (Phi) is 6.82. The minimum Gasteiger partial charge on any atom is -0.342 e. The van der Waals surface area contributed by atoms with E-state index in [-0.39, 0.29) is 17.7 Å². The lowest BCUT2D eigenvalue weighted by Crippen LogP contribution is -2.49. The first-order valence-electron chi connectivity index (χ1n) is 11.3. The second-order valence-corrected chi connectivity index (χ2v) is 8.69. The highest BCUT2D eigenvalue weighted by Crippen LogP contribution is 2.25. The van der Waals surface area contributed by atoms with Crippen molar-refractivity contribution in [3.05, 3.63) is 54.6 Å². The SMILES string of the molecule is O=C1CC[C@@H](C(=O)N2CCC(Cn3ccnc3)CC2)CN1CCCc1ccccc1. The number of hydrogen-bond donors (Lipinski definition) is 0. The van der Waals surface area contributed by atoms with Crippen LogP contribution in [0.1, 0.15) is 37.7 Å². The van der Waals surface area contributed by atoms with E-state index in [4.69, 9.17) is 0 Å². The molecule has 3 heterocycles. The highest BCUT2D eigenvalue weighted by molar-refractivity contribution is 5.84. The third-order valence-corrected chi connectivity index (χ3v) is 6.54. The molecule has 1 aromatic carbocycles. The first kappa shape index (κ1) is 20.6. The Morgan fingerprint density at radius 3 is 2.63 bits per heavy atom. The molecule has 2 aliphatic rings. The number of piperidine rings is 2. The molecule has 30 heavy (non-hydrogen) atoms. The Morgan fingerprint density at radius 1 is 1.10 bits per heavy atom. The summed E-state index contributed by atoms with van der Waals surface area (Å²) in [5.41, 5.74) is 1.30. The van der Waals surface area contributed by atoms with Crippen molar-refractivity contribution in [3.8, 4) is 0 Å². The summed E-state index contributed by atoms with van der Waals surface area (Å²) in [5, 5.41) is 0. The normalized spacial score (nSPS) is 20.5. The van der Waals surface area contributed by atoms with Gasteiger partial charge < -0.3 is 14.4 Å². The van der Waals surface area contributed by atoms with Crippen molar-refractivity contribution in [3.63, 3.8) is 0 Å². The second-order valence-electron chi connectivity index (χ2n) is 8.69. The number of imidazole rings is 1. The zero-order chi connectivity index (χ0) is 20.8. The number of hydrogen-bond acceptors (Lipinski definition) is 3. The van der Waals surface area contributed by atoms with Gasteiger partial charge in [0.1, 0.15) is 0 Å². The van der Waals surface area contributed by atoms with Gasteiger partial charge in [-0.1, -0.05) is 30.3 Å². The number of carbonyl (C=O) groups is 2. The summed E-state index contributed by atoms with van der Waals surface area (Å²) >= 11 is 0. The zero-order valence-corrected chi connectivity index (χ0v) is 17.7. The number of benzene rings is 1. The van der Waals surface area contributed by atoms with E-state index in [0.717, 1.165) is 51.9 Å². The summed E-state index contributed by atoms with van der Waals surface area (Å²) in [6.07, 6.45) is 10.9. The number of carbonyl (C=O) groups excluding carboxylic acids is 2. The Hall–Kier alpha value is -2.63. The molecule has 0 saturated carbocycles. The van der Waals surface area contributed by atoms with Crippen molar-refractivity contribution in [1.82, 2.24) is 19.4 Å². The van der Waals surface area contributed by atoms with Gasteiger partial charge in [-0.05, 0) is 43.6 Å². The highest BCUT2D eigenvalue weighted by Gasteiger charge is 2.34. The number of likely N-dealkylation sites (tertiary alicyclic amines) is 2. The van der Waals surface area contributed by atoms with Crippen LogP contribution >= 0.6 is 0 Å². The van der Waals surface area contributed by atoms with E-state index in [1.54, 1.807) is 0 Å². The summed E-state index contributed by atoms with van der Waals surface area (Å²) in [6.45, 7) is 3.97. The molecule has 2 fully saturated rings. The van der Waals surface area contributed by atoms with Crippen molar-refractivity contribution >= 4 is 11.8 Å². The average Bonchev–Trinajstić information content (AvgIpc) is 3.29. The van der Waals surface area contributed by atoms with E-state index in [9.17, 15) is 9.59 Å². The van der Waals surface area contributed by atoms with Crippen LogP contribution in [0, 0.1) is 11.8 Å². The van der Waals surface area contributed by atoms with Gasteiger partial charge in [0, 0.05) is 51.5 Å².